The molecule has 0 amide bonds. The highest BCUT2D eigenvalue weighted by Crippen LogP contribution is 2.39. The average Bonchev–Trinajstić information content (AvgIpc) is 3.08. The Bertz CT molecular complexity index is 573. The zero-order chi connectivity index (χ0) is 11.8. The van der Waals surface area contributed by atoms with Gasteiger partial charge in [-0.1, -0.05) is 0 Å². The fourth-order valence-corrected chi connectivity index (χ4v) is 2.43. The van der Waals surface area contributed by atoms with Crippen LogP contribution in [0.15, 0.2) is 34.9 Å². The van der Waals surface area contributed by atoms with Gasteiger partial charge in [-0.3, -0.25) is 4.79 Å². The molecule has 86 valence electrons. The molecule has 0 unspecified atom stereocenters. The lowest BCUT2D eigenvalue weighted by Crippen LogP contribution is -1.97. The first kappa shape index (κ1) is 10.7. The van der Waals surface area contributed by atoms with Gasteiger partial charge in [0, 0.05) is 22.2 Å². The van der Waals surface area contributed by atoms with Crippen LogP contribution in [-0.4, -0.2) is 16.1 Å². The standard InChI is InChI=1S/C13H11BrN2O/c14-11-7-9(8-17)1-4-13(11)16-6-5-12(15-16)10-2-3-10/h1,4-8,10H,2-3H2. The van der Waals surface area contributed by atoms with Crippen LogP contribution in [0.4, 0.5) is 0 Å². The van der Waals surface area contributed by atoms with E-state index >= 15 is 0 Å². The van der Waals surface area contributed by atoms with Gasteiger partial charge >= 0.3 is 0 Å². The number of aldehydes is 1. The van der Waals surface area contributed by atoms with Gasteiger partial charge in [0.05, 0.1) is 11.4 Å². The maximum atomic E-state index is 10.7. The van der Waals surface area contributed by atoms with Crippen LogP contribution < -0.4 is 0 Å². The zero-order valence-corrected chi connectivity index (χ0v) is 10.7. The molecule has 0 spiro atoms. The van der Waals surface area contributed by atoms with Crippen molar-refractivity contribution in [1.29, 1.82) is 0 Å². The molecule has 1 heterocycles. The largest absolute Gasteiger partial charge is 0.298 e. The molecular weight excluding hydrogens is 280 g/mol. The number of halogens is 1. The Hall–Kier alpha value is -1.42. The molecule has 3 rings (SSSR count). The summed E-state index contributed by atoms with van der Waals surface area (Å²) in [5.41, 5.74) is 2.79. The van der Waals surface area contributed by atoms with Crippen molar-refractivity contribution >= 4 is 22.2 Å². The molecule has 0 N–H and O–H groups in total. The van der Waals surface area contributed by atoms with E-state index in [1.54, 1.807) is 12.1 Å². The van der Waals surface area contributed by atoms with Crippen molar-refractivity contribution < 1.29 is 4.79 Å². The van der Waals surface area contributed by atoms with Crippen LogP contribution in [-0.2, 0) is 0 Å². The summed E-state index contributed by atoms with van der Waals surface area (Å²) in [5, 5.41) is 4.56. The molecule has 17 heavy (non-hydrogen) atoms. The van der Waals surface area contributed by atoms with E-state index in [0.29, 0.717) is 11.5 Å². The molecule has 0 atom stereocenters. The van der Waals surface area contributed by atoms with Crippen molar-refractivity contribution in [2.75, 3.05) is 0 Å². The number of hydrogen-bond acceptors (Lipinski definition) is 2. The predicted octanol–water partition coefficient (Wildman–Crippen LogP) is 3.32. The zero-order valence-electron chi connectivity index (χ0n) is 9.14. The van der Waals surface area contributed by atoms with Gasteiger partial charge in [0.1, 0.15) is 6.29 Å². The highest BCUT2D eigenvalue weighted by molar-refractivity contribution is 9.10. The summed E-state index contributed by atoms with van der Waals surface area (Å²) in [5.74, 6) is 0.657. The van der Waals surface area contributed by atoms with Crippen LogP contribution in [0.25, 0.3) is 5.69 Å². The van der Waals surface area contributed by atoms with Gasteiger partial charge < -0.3 is 0 Å². The van der Waals surface area contributed by atoms with Crippen LogP contribution in [0.2, 0.25) is 0 Å². The molecule has 1 aliphatic rings. The van der Waals surface area contributed by atoms with Crippen LogP contribution >= 0.6 is 15.9 Å². The number of carbonyl (C=O) groups excluding carboxylic acids is 1. The van der Waals surface area contributed by atoms with E-state index in [-0.39, 0.29) is 0 Å². The third-order valence-electron chi connectivity index (χ3n) is 2.96. The average molecular weight is 291 g/mol. The summed E-state index contributed by atoms with van der Waals surface area (Å²) in [6.45, 7) is 0. The molecule has 1 aromatic carbocycles. The summed E-state index contributed by atoms with van der Waals surface area (Å²) in [7, 11) is 0. The minimum Gasteiger partial charge on any atom is -0.298 e. The van der Waals surface area contributed by atoms with E-state index in [1.807, 2.05) is 16.9 Å². The van der Waals surface area contributed by atoms with Gasteiger partial charge in [-0.05, 0) is 53.0 Å². The van der Waals surface area contributed by atoms with Crippen molar-refractivity contribution in [2.24, 2.45) is 0 Å². The molecule has 3 nitrogen and oxygen atoms in total. The summed E-state index contributed by atoms with van der Waals surface area (Å²) in [4.78, 5) is 10.7. The number of aromatic nitrogens is 2. The van der Waals surface area contributed by atoms with Gasteiger partial charge in [0.2, 0.25) is 0 Å². The van der Waals surface area contributed by atoms with Crippen LogP contribution in [0.3, 0.4) is 0 Å². The van der Waals surface area contributed by atoms with Crippen molar-refractivity contribution in [3.8, 4) is 5.69 Å². The van der Waals surface area contributed by atoms with E-state index in [2.05, 4.69) is 27.1 Å². The van der Waals surface area contributed by atoms with E-state index in [4.69, 9.17) is 0 Å². The molecule has 0 aliphatic heterocycles. The van der Waals surface area contributed by atoms with E-state index in [1.165, 1.54) is 12.8 Å². The Kier molecular flexibility index (Phi) is 2.59. The third kappa shape index (κ3) is 2.05. The minimum atomic E-state index is 0.657. The maximum Gasteiger partial charge on any atom is 0.150 e. The molecular formula is C13H11BrN2O. The monoisotopic (exact) mass is 290 g/mol. The van der Waals surface area contributed by atoms with Gasteiger partial charge in [-0.15, -0.1) is 0 Å². The second kappa shape index (κ2) is 4.11. The summed E-state index contributed by atoms with van der Waals surface area (Å²) in [6.07, 6.45) is 5.31. The topological polar surface area (TPSA) is 34.9 Å². The van der Waals surface area contributed by atoms with Crippen LogP contribution in [0.1, 0.15) is 34.8 Å². The van der Waals surface area contributed by atoms with E-state index in [0.717, 1.165) is 22.1 Å². The van der Waals surface area contributed by atoms with Gasteiger partial charge in [0.15, 0.2) is 0 Å². The second-order valence-electron chi connectivity index (χ2n) is 4.29. The fourth-order valence-electron chi connectivity index (χ4n) is 1.85. The van der Waals surface area contributed by atoms with Crippen molar-refractivity contribution in [3.63, 3.8) is 0 Å². The second-order valence-corrected chi connectivity index (χ2v) is 5.14. The molecule has 4 heteroatoms. The normalized spacial score (nSPS) is 14.9. The number of nitrogens with zero attached hydrogens (tertiary/aromatic N) is 2. The molecule has 0 saturated heterocycles. The Balaban J connectivity index is 1.98. The SMILES string of the molecule is O=Cc1ccc(-n2ccc(C3CC3)n2)c(Br)c1. The number of hydrogen-bond donors (Lipinski definition) is 0. The Morgan fingerprint density at radius 3 is 2.82 bits per heavy atom. The minimum absolute atomic E-state index is 0.657. The number of carbonyl (C=O) groups is 1. The van der Waals surface area contributed by atoms with Crippen molar-refractivity contribution in [2.45, 2.75) is 18.8 Å². The number of rotatable bonds is 3. The molecule has 1 saturated carbocycles. The van der Waals surface area contributed by atoms with Crippen LogP contribution in [0, 0.1) is 0 Å². The Morgan fingerprint density at radius 1 is 1.35 bits per heavy atom. The summed E-state index contributed by atoms with van der Waals surface area (Å²) >= 11 is 3.47. The third-order valence-corrected chi connectivity index (χ3v) is 3.60. The quantitative estimate of drug-likeness (QED) is 0.813. The molecule has 0 bridgehead atoms. The molecule has 1 aromatic heterocycles. The first-order chi connectivity index (χ1) is 8.28. The lowest BCUT2D eigenvalue weighted by Gasteiger charge is -2.04. The lowest BCUT2D eigenvalue weighted by molar-refractivity contribution is 0.112. The molecule has 1 aliphatic carbocycles. The highest BCUT2D eigenvalue weighted by Gasteiger charge is 2.25. The van der Waals surface area contributed by atoms with Gasteiger partial charge in [-0.25, -0.2) is 4.68 Å². The maximum absolute atomic E-state index is 10.7. The smallest absolute Gasteiger partial charge is 0.150 e. The lowest BCUT2D eigenvalue weighted by atomic mass is 10.2. The van der Waals surface area contributed by atoms with Crippen molar-refractivity contribution in [1.82, 2.24) is 9.78 Å². The highest BCUT2D eigenvalue weighted by atomic mass is 79.9. The van der Waals surface area contributed by atoms with Gasteiger partial charge in [0.25, 0.3) is 0 Å². The number of benzene rings is 1. The summed E-state index contributed by atoms with van der Waals surface area (Å²) in [6, 6.07) is 7.57. The first-order valence-corrected chi connectivity index (χ1v) is 6.38. The van der Waals surface area contributed by atoms with E-state index < -0.39 is 0 Å². The predicted molar refractivity (Wildman–Crippen MR) is 68.6 cm³/mol. The van der Waals surface area contributed by atoms with Crippen LogP contribution in [0.5, 0.6) is 0 Å². The van der Waals surface area contributed by atoms with Crippen molar-refractivity contribution in [3.05, 3.63) is 46.2 Å². The summed E-state index contributed by atoms with van der Waals surface area (Å²) < 4.78 is 2.74. The fraction of sp³-hybridized carbons (Fsp3) is 0.231. The van der Waals surface area contributed by atoms with E-state index in [9.17, 15) is 4.79 Å². The molecule has 2 aromatic rings. The molecule has 1 fully saturated rings. The Morgan fingerprint density at radius 2 is 2.18 bits per heavy atom. The first-order valence-electron chi connectivity index (χ1n) is 5.58. The Labute approximate surface area is 108 Å². The van der Waals surface area contributed by atoms with Gasteiger partial charge in [-0.2, -0.15) is 5.10 Å². The molecule has 0 radical (unpaired) electrons.